The highest BCUT2D eigenvalue weighted by Gasteiger charge is 2.17. The van der Waals surface area contributed by atoms with Crippen molar-refractivity contribution in [1.82, 2.24) is 9.97 Å². The molecule has 0 saturated heterocycles. The molecule has 0 atom stereocenters. The molecule has 0 aliphatic carbocycles. The molecule has 0 aliphatic rings. The third kappa shape index (κ3) is 4.01. The normalized spacial score (nSPS) is 11.5. The van der Waals surface area contributed by atoms with Gasteiger partial charge in [-0.1, -0.05) is 0 Å². The molecule has 0 saturated carbocycles. The average Bonchev–Trinajstić information content (AvgIpc) is 1.99. The quantitative estimate of drug-likeness (QED) is 0.776. The largest absolute Gasteiger partial charge is 0.396 e. The molecule has 1 aromatic rings. The Morgan fingerprint density at radius 1 is 1.47 bits per heavy atom. The number of aryl methyl sites for hydroxylation is 1. The highest BCUT2D eigenvalue weighted by Crippen LogP contribution is 2.17. The topological polar surface area (TPSA) is 58.0 Å². The Kier molecular flexibility index (Phi) is 3.88. The molecule has 15 heavy (non-hydrogen) atoms. The first-order valence-corrected chi connectivity index (χ1v) is 5.21. The van der Waals surface area contributed by atoms with Crippen molar-refractivity contribution in [2.75, 3.05) is 11.9 Å². The Morgan fingerprint density at radius 3 is 2.67 bits per heavy atom. The lowest BCUT2D eigenvalue weighted by molar-refractivity contribution is 0.260. The number of rotatable bonds is 4. The molecule has 0 bridgehead atoms. The van der Waals surface area contributed by atoms with Crippen LogP contribution in [0.25, 0.3) is 0 Å². The van der Waals surface area contributed by atoms with E-state index in [9.17, 15) is 0 Å². The summed E-state index contributed by atoms with van der Waals surface area (Å²) in [6.45, 7) is 5.98. The third-order valence-electron chi connectivity index (χ3n) is 2.03. The van der Waals surface area contributed by atoms with E-state index in [1.165, 1.54) is 0 Å². The Morgan fingerprint density at radius 2 is 2.13 bits per heavy atom. The standard InChI is InChI=1S/C10H16ClN3O/c1-7-6-8(13-9(11)12-7)14-10(2,3)4-5-15/h6,15H,4-5H2,1-3H3,(H,12,13,14). The zero-order valence-electron chi connectivity index (χ0n) is 9.21. The van der Waals surface area contributed by atoms with Crippen molar-refractivity contribution in [3.63, 3.8) is 0 Å². The van der Waals surface area contributed by atoms with Gasteiger partial charge in [0.05, 0.1) is 0 Å². The van der Waals surface area contributed by atoms with Crippen LogP contribution in [0.2, 0.25) is 5.28 Å². The molecule has 1 aromatic heterocycles. The summed E-state index contributed by atoms with van der Waals surface area (Å²) in [5.74, 6) is 0.686. The molecule has 0 unspecified atom stereocenters. The molecule has 0 spiro atoms. The SMILES string of the molecule is Cc1cc(NC(C)(C)CCO)nc(Cl)n1. The van der Waals surface area contributed by atoms with E-state index < -0.39 is 0 Å². The summed E-state index contributed by atoms with van der Waals surface area (Å²) >= 11 is 5.74. The van der Waals surface area contributed by atoms with Gasteiger partial charge in [0.2, 0.25) is 5.28 Å². The smallest absolute Gasteiger partial charge is 0.224 e. The predicted octanol–water partition coefficient (Wildman–Crippen LogP) is 2.01. The summed E-state index contributed by atoms with van der Waals surface area (Å²) < 4.78 is 0. The van der Waals surface area contributed by atoms with Gasteiger partial charge in [0.25, 0.3) is 0 Å². The van der Waals surface area contributed by atoms with Crippen LogP contribution in [0.15, 0.2) is 6.07 Å². The van der Waals surface area contributed by atoms with Crippen LogP contribution in [0.1, 0.15) is 26.0 Å². The van der Waals surface area contributed by atoms with Crippen LogP contribution in [0, 0.1) is 6.92 Å². The van der Waals surface area contributed by atoms with Gasteiger partial charge < -0.3 is 10.4 Å². The van der Waals surface area contributed by atoms with Crippen LogP contribution in [0.5, 0.6) is 0 Å². The van der Waals surface area contributed by atoms with Gasteiger partial charge in [-0.15, -0.1) is 0 Å². The van der Waals surface area contributed by atoms with Gasteiger partial charge in [0, 0.05) is 23.9 Å². The summed E-state index contributed by atoms with van der Waals surface area (Å²) in [7, 11) is 0. The van der Waals surface area contributed by atoms with Gasteiger partial charge in [-0.2, -0.15) is 0 Å². The maximum absolute atomic E-state index is 8.89. The van der Waals surface area contributed by atoms with Crippen LogP contribution in [0.3, 0.4) is 0 Å². The van der Waals surface area contributed by atoms with E-state index in [0.717, 1.165) is 5.69 Å². The van der Waals surface area contributed by atoms with E-state index >= 15 is 0 Å². The minimum atomic E-state index is -0.209. The molecule has 0 aromatic carbocycles. The predicted molar refractivity (Wildman–Crippen MR) is 61.2 cm³/mol. The van der Waals surface area contributed by atoms with Crippen LogP contribution >= 0.6 is 11.6 Å². The van der Waals surface area contributed by atoms with E-state index in [2.05, 4.69) is 15.3 Å². The molecule has 4 nitrogen and oxygen atoms in total. The van der Waals surface area contributed by atoms with Gasteiger partial charge in [-0.3, -0.25) is 0 Å². The van der Waals surface area contributed by atoms with Crippen LogP contribution in [0.4, 0.5) is 5.82 Å². The van der Waals surface area contributed by atoms with Crippen LogP contribution < -0.4 is 5.32 Å². The zero-order valence-corrected chi connectivity index (χ0v) is 9.97. The van der Waals surface area contributed by atoms with Crippen molar-refractivity contribution in [3.8, 4) is 0 Å². The maximum Gasteiger partial charge on any atom is 0.224 e. The number of anilines is 1. The number of halogens is 1. The van der Waals surface area contributed by atoms with Gasteiger partial charge in [-0.05, 0) is 38.8 Å². The second-order valence-electron chi connectivity index (χ2n) is 4.15. The molecular weight excluding hydrogens is 214 g/mol. The molecule has 1 rings (SSSR count). The highest BCUT2D eigenvalue weighted by molar-refractivity contribution is 6.28. The minimum Gasteiger partial charge on any atom is -0.396 e. The molecule has 0 aliphatic heterocycles. The van der Waals surface area contributed by atoms with Crippen LogP contribution in [-0.2, 0) is 0 Å². The zero-order chi connectivity index (χ0) is 11.5. The summed E-state index contributed by atoms with van der Waals surface area (Å²) in [5, 5.41) is 12.3. The Bertz CT molecular complexity index is 321. The monoisotopic (exact) mass is 229 g/mol. The van der Waals surface area contributed by atoms with Crippen LogP contribution in [-0.4, -0.2) is 27.2 Å². The van der Waals surface area contributed by atoms with Gasteiger partial charge >= 0.3 is 0 Å². The van der Waals surface area contributed by atoms with Gasteiger partial charge in [0.15, 0.2) is 0 Å². The van der Waals surface area contributed by atoms with Crippen molar-refractivity contribution in [1.29, 1.82) is 0 Å². The number of aliphatic hydroxyl groups is 1. The van der Waals surface area contributed by atoms with Gasteiger partial charge in [0.1, 0.15) is 5.82 Å². The Labute approximate surface area is 94.7 Å². The molecular formula is C10H16ClN3O. The second kappa shape index (κ2) is 4.77. The lowest BCUT2D eigenvalue weighted by Crippen LogP contribution is -2.32. The molecule has 5 heteroatoms. The number of hydrogen-bond acceptors (Lipinski definition) is 4. The molecule has 1 heterocycles. The molecule has 0 radical (unpaired) electrons. The summed E-state index contributed by atoms with van der Waals surface area (Å²) in [5.41, 5.74) is 0.607. The Hall–Kier alpha value is -0.870. The van der Waals surface area contributed by atoms with E-state index in [1.807, 2.05) is 26.8 Å². The summed E-state index contributed by atoms with van der Waals surface area (Å²) in [6, 6.07) is 1.82. The first kappa shape index (κ1) is 12.2. The summed E-state index contributed by atoms with van der Waals surface area (Å²) in [6.07, 6.45) is 0.646. The number of aromatic nitrogens is 2. The van der Waals surface area contributed by atoms with Crippen molar-refractivity contribution in [2.24, 2.45) is 0 Å². The van der Waals surface area contributed by atoms with E-state index in [0.29, 0.717) is 12.2 Å². The van der Waals surface area contributed by atoms with Crippen molar-refractivity contribution in [3.05, 3.63) is 17.0 Å². The van der Waals surface area contributed by atoms with Crippen molar-refractivity contribution in [2.45, 2.75) is 32.7 Å². The lowest BCUT2D eigenvalue weighted by Gasteiger charge is -2.26. The maximum atomic E-state index is 8.89. The number of nitrogens with zero attached hydrogens (tertiary/aromatic N) is 2. The first-order chi connectivity index (χ1) is 6.93. The van der Waals surface area contributed by atoms with Crippen molar-refractivity contribution >= 4 is 17.4 Å². The van der Waals surface area contributed by atoms with Crippen molar-refractivity contribution < 1.29 is 5.11 Å². The average molecular weight is 230 g/mol. The second-order valence-corrected chi connectivity index (χ2v) is 4.48. The number of hydrogen-bond donors (Lipinski definition) is 2. The summed E-state index contributed by atoms with van der Waals surface area (Å²) in [4.78, 5) is 8.04. The highest BCUT2D eigenvalue weighted by atomic mass is 35.5. The fourth-order valence-corrected chi connectivity index (χ4v) is 1.51. The van der Waals surface area contributed by atoms with Gasteiger partial charge in [-0.25, -0.2) is 9.97 Å². The first-order valence-electron chi connectivity index (χ1n) is 4.83. The fourth-order valence-electron chi connectivity index (χ4n) is 1.29. The molecule has 84 valence electrons. The van der Waals surface area contributed by atoms with E-state index in [-0.39, 0.29) is 17.4 Å². The molecule has 2 N–H and O–H groups in total. The van der Waals surface area contributed by atoms with E-state index in [1.54, 1.807) is 0 Å². The minimum absolute atomic E-state index is 0.137. The number of aliphatic hydroxyl groups excluding tert-OH is 1. The lowest BCUT2D eigenvalue weighted by atomic mass is 10.0. The third-order valence-corrected chi connectivity index (χ3v) is 2.20. The number of nitrogens with one attached hydrogen (secondary N) is 1. The molecule has 0 amide bonds. The molecule has 0 fully saturated rings. The van der Waals surface area contributed by atoms with E-state index in [4.69, 9.17) is 16.7 Å². The fraction of sp³-hybridized carbons (Fsp3) is 0.600. The Balaban J connectivity index is 2.80.